The first-order valence-corrected chi connectivity index (χ1v) is 8.67. The maximum atomic E-state index is 14.8. The Kier molecular flexibility index (Phi) is 3.02. The molecule has 6 heteroatoms. The quantitative estimate of drug-likeness (QED) is 0.320. The Morgan fingerprint density at radius 2 is 1.38 bits per heavy atom. The third-order valence-electron chi connectivity index (χ3n) is 4.57. The number of nitrogens with one attached hydrogen (secondary N) is 1. The van der Waals surface area contributed by atoms with E-state index in [4.69, 9.17) is 0 Å². The van der Waals surface area contributed by atoms with Crippen LogP contribution in [-0.2, 0) is 0 Å². The summed E-state index contributed by atoms with van der Waals surface area (Å²) in [5.74, 6) is -2.40. The lowest BCUT2D eigenvalue weighted by Gasteiger charge is -2.09. The highest BCUT2D eigenvalue weighted by molar-refractivity contribution is 7.24. The van der Waals surface area contributed by atoms with Crippen LogP contribution in [0.1, 0.15) is 0 Å². The van der Waals surface area contributed by atoms with Gasteiger partial charge in [0.25, 0.3) is 0 Å². The van der Waals surface area contributed by atoms with Gasteiger partial charge in [0.15, 0.2) is 22.5 Å². The Bertz CT molecular complexity index is 1500. The number of hydrogen-bond donors (Lipinski definition) is 1. The second-order valence-corrected chi connectivity index (χ2v) is 7.06. The molecule has 1 heterocycles. The van der Waals surface area contributed by atoms with E-state index < -0.39 is 27.9 Å². The third kappa shape index (κ3) is 1.84. The largest absolute Gasteiger partial charge is 0.353 e. The molecule has 0 bridgehead atoms. The topological polar surface area (TPSA) is 49.9 Å². The van der Waals surface area contributed by atoms with Gasteiger partial charge in [0.1, 0.15) is 0 Å². The lowest BCUT2D eigenvalue weighted by Crippen LogP contribution is -2.15. The van der Waals surface area contributed by atoms with Crippen molar-refractivity contribution < 1.29 is 8.78 Å². The van der Waals surface area contributed by atoms with E-state index in [1.807, 2.05) is 0 Å². The molecule has 126 valence electrons. The van der Waals surface area contributed by atoms with Crippen molar-refractivity contribution in [2.24, 2.45) is 0 Å². The first-order valence-electron chi connectivity index (χ1n) is 7.85. The Balaban J connectivity index is 2.21. The molecule has 5 rings (SSSR count). The van der Waals surface area contributed by atoms with Crippen LogP contribution in [0.4, 0.5) is 8.78 Å². The molecule has 26 heavy (non-hydrogen) atoms. The lowest BCUT2D eigenvalue weighted by molar-refractivity contribution is 0.526. The van der Waals surface area contributed by atoms with Crippen LogP contribution in [0, 0.1) is 11.6 Å². The van der Waals surface area contributed by atoms with Gasteiger partial charge in [0, 0.05) is 10.8 Å². The molecule has 0 spiro atoms. The van der Waals surface area contributed by atoms with Crippen molar-refractivity contribution in [3.63, 3.8) is 0 Å². The van der Waals surface area contributed by atoms with E-state index in [0.29, 0.717) is 10.2 Å². The molecule has 1 N–H and O–H groups in total. The third-order valence-corrected chi connectivity index (χ3v) is 5.73. The molecule has 0 aliphatic rings. The summed E-state index contributed by atoms with van der Waals surface area (Å²) in [6.45, 7) is 0. The number of para-hydroxylation sites is 1. The predicted octanol–water partition coefficient (Wildman–Crippen LogP) is 4.69. The van der Waals surface area contributed by atoms with Crippen LogP contribution >= 0.6 is 11.3 Å². The van der Waals surface area contributed by atoms with Crippen molar-refractivity contribution in [1.82, 2.24) is 4.98 Å². The average molecular weight is 365 g/mol. The van der Waals surface area contributed by atoms with E-state index in [1.54, 1.807) is 36.4 Å². The molecule has 0 amide bonds. The van der Waals surface area contributed by atoms with Crippen molar-refractivity contribution in [3.8, 4) is 0 Å². The summed E-state index contributed by atoms with van der Waals surface area (Å²) in [4.78, 5) is 28.8. The number of hydrogen-bond acceptors (Lipinski definition) is 3. The van der Waals surface area contributed by atoms with Crippen molar-refractivity contribution in [2.45, 2.75) is 0 Å². The number of aromatic amines is 1. The standard InChI is InChI=1S/C20H9F2NO2S/c21-15-13-14(19(25)10-6-2-1-5-9(10)18(13)24)17-20(16(15)22)26-12-8-4-3-7-11(12)23-17/h1-8,23H. The van der Waals surface area contributed by atoms with Crippen LogP contribution in [0.3, 0.4) is 0 Å². The zero-order valence-corrected chi connectivity index (χ0v) is 13.9. The zero-order chi connectivity index (χ0) is 18.0. The average Bonchev–Trinajstić information content (AvgIpc) is 2.67. The van der Waals surface area contributed by atoms with E-state index in [-0.39, 0.29) is 26.4 Å². The SMILES string of the molecule is O=c1c2ccccc2c(=O)c2c1c(F)c(F)c1sc3ccccc3[nH]c12. The minimum absolute atomic E-state index is 0.0134. The number of benzene rings is 4. The van der Waals surface area contributed by atoms with E-state index in [0.717, 1.165) is 11.3 Å². The monoisotopic (exact) mass is 365 g/mol. The van der Waals surface area contributed by atoms with Gasteiger partial charge in [-0.3, -0.25) is 9.59 Å². The van der Waals surface area contributed by atoms with E-state index in [2.05, 4.69) is 4.98 Å². The van der Waals surface area contributed by atoms with Gasteiger partial charge in [-0.15, -0.1) is 11.3 Å². The Morgan fingerprint density at radius 3 is 2.12 bits per heavy atom. The van der Waals surface area contributed by atoms with E-state index >= 15 is 0 Å². The fourth-order valence-electron chi connectivity index (χ4n) is 3.37. The van der Waals surface area contributed by atoms with Gasteiger partial charge in [-0.2, -0.15) is 0 Å². The Morgan fingerprint density at radius 1 is 0.769 bits per heavy atom. The molecule has 1 aromatic heterocycles. The van der Waals surface area contributed by atoms with Crippen LogP contribution in [-0.4, -0.2) is 4.98 Å². The molecule has 0 atom stereocenters. The fraction of sp³-hybridized carbons (Fsp3) is 0. The number of fused-ring (bicyclic) bond motifs is 5. The van der Waals surface area contributed by atoms with Gasteiger partial charge in [-0.1, -0.05) is 36.4 Å². The summed E-state index contributed by atoms with van der Waals surface area (Å²) in [5, 5.41) is -0.321. The highest BCUT2D eigenvalue weighted by atomic mass is 32.1. The summed E-state index contributed by atoms with van der Waals surface area (Å²) in [5.41, 5.74) is -0.342. The number of rotatable bonds is 0. The fourth-order valence-corrected chi connectivity index (χ4v) is 4.40. The van der Waals surface area contributed by atoms with Crippen molar-refractivity contribution in [2.75, 3.05) is 0 Å². The molecule has 0 unspecified atom stereocenters. The first-order chi connectivity index (χ1) is 12.6. The van der Waals surface area contributed by atoms with E-state index in [9.17, 15) is 18.4 Å². The molecule has 4 aromatic carbocycles. The van der Waals surface area contributed by atoms with Crippen LogP contribution in [0.25, 0.3) is 42.0 Å². The van der Waals surface area contributed by atoms with Crippen molar-refractivity contribution >= 4 is 53.3 Å². The summed E-state index contributed by atoms with van der Waals surface area (Å²) >= 11 is 1.04. The second-order valence-electron chi connectivity index (χ2n) is 6.01. The molecule has 0 aliphatic heterocycles. The molecular formula is C20H9F2NO2S. The molecule has 0 saturated carbocycles. The van der Waals surface area contributed by atoms with Crippen LogP contribution in [0.15, 0.2) is 58.1 Å². The summed E-state index contributed by atoms with van der Waals surface area (Å²) in [7, 11) is 0. The molecule has 0 saturated heterocycles. The second kappa shape index (κ2) is 5.19. The van der Waals surface area contributed by atoms with Gasteiger partial charge in [0.2, 0.25) is 0 Å². The van der Waals surface area contributed by atoms with Crippen LogP contribution in [0.5, 0.6) is 0 Å². The number of halogens is 2. The van der Waals surface area contributed by atoms with Gasteiger partial charge in [-0.05, 0) is 12.1 Å². The van der Waals surface area contributed by atoms with Crippen LogP contribution in [0.2, 0.25) is 0 Å². The molecule has 0 radical (unpaired) electrons. The van der Waals surface area contributed by atoms with Crippen molar-refractivity contribution in [3.05, 3.63) is 80.6 Å². The molecular weight excluding hydrogens is 356 g/mol. The normalized spacial score (nSPS) is 11.8. The maximum absolute atomic E-state index is 14.8. The minimum atomic E-state index is -1.28. The molecule has 3 nitrogen and oxygen atoms in total. The zero-order valence-electron chi connectivity index (χ0n) is 13.1. The predicted molar refractivity (Wildman–Crippen MR) is 101 cm³/mol. The highest BCUT2D eigenvalue weighted by Crippen LogP contribution is 2.33. The summed E-state index contributed by atoms with van der Waals surface area (Å²) < 4.78 is 30.2. The number of aromatic nitrogens is 1. The molecule has 0 aliphatic carbocycles. The first kappa shape index (κ1) is 15.2. The van der Waals surface area contributed by atoms with Crippen molar-refractivity contribution in [1.29, 1.82) is 0 Å². The summed E-state index contributed by atoms with van der Waals surface area (Å²) in [6.07, 6.45) is 0. The lowest BCUT2D eigenvalue weighted by atomic mass is 10.0. The van der Waals surface area contributed by atoms with E-state index in [1.165, 1.54) is 12.1 Å². The smallest absolute Gasteiger partial charge is 0.197 e. The maximum Gasteiger partial charge on any atom is 0.197 e. The Hall–Kier alpha value is -3.12. The summed E-state index contributed by atoms with van der Waals surface area (Å²) in [6, 6.07) is 13.3. The molecule has 0 fully saturated rings. The van der Waals surface area contributed by atoms with Gasteiger partial charge in [0.05, 0.1) is 31.2 Å². The van der Waals surface area contributed by atoms with Gasteiger partial charge >= 0.3 is 0 Å². The van der Waals surface area contributed by atoms with Gasteiger partial charge < -0.3 is 4.98 Å². The molecule has 5 aromatic rings. The Labute approximate surface area is 148 Å². The van der Waals surface area contributed by atoms with Crippen LogP contribution < -0.4 is 10.9 Å². The van der Waals surface area contributed by atoms with Gasteiger partial charge in [-0.25, -0.2) is 8.78 Å². The highest BCUT2D eigenvalue weighted by Gasteiger charge is 2.22. The minimum Gasteiger partial charge on any atom is -0.353 e. The number of H-pyrrole nitrogens is 1.